The minimum absolute atomic E-state index is 0.0710. The summed E-state index contributed by atoms with van der Waals surface area (Å²) in [5.41, 5.74) is 8.06. The van der Waals surface area contributed by atoms with E-state index >= 15 is 0 Å². The third-order valence-electron chi connectivity index (χ3n) is 11.6. The summed E-state index contributed by atoms with van der Waals surface area (Å²) in [5, 5.41) is 22.6. The van der Waals surface area contributed by atoms with Crippen LogP contribution >= 0.6 is 0 Å². The normalized spacial score (nSPS) is 46.2. The molecule has 1 amide bonds. The number of carbonyl (C=O) groups is 2. The van der Waals surface area contributed by atoms with Gasteiger partial charge in [-0.2, -0.15) is 0 Å². The van der Waals surface area contributed by atoms with Crippen molar-refractivity contribution in [3.63, 3.8) is 0 Å². The van der Waals surface area contributed by atoms with Crippen LogP contribution in [-0.4, -0.2) is 40.4 Å². The Morgan fingerprint density at radius 3 is 2.32 bits per heavy atom. The molecule has 4 aliphatic rings. The highest BCUT2D eigenvalue weighted by molar-refractivity contribution is 5.93. The summed E-state index contributed by atoms with van der Waals surface area (Å²) in [6.45, 7) is 14.7. The number of ether oxygens (including phenoxy) is 1. The Balaban J connectivity index is 1.82. The van der Waals surface area contributed by atoms with E-state index in [0.717, 1.165) is 31.3 Å². The van der Waals surface area contributed by atoms with Gasteiger partial charge in [-0.05, 0) is 111 Å². The predicted molar refractivity (Wildman–Crippen MR) is 144 cm³/mol. The number of nitrogens with two attached hydrogens (primary N) is 1. The fraction of sp³-hybridized carbons (Fsp3) is 0.806. The van der Waals surface area contributed by atoms with Crippen molar-refractivity contribution in [3.8, 4) is 0 Å². The molecule has 6 heteroatoms. The summed E-state index contributed by atoms with van der Waals surface area (Å²) in [4.78, 5) is 25.1. The highest BCUT2D eigenvalue weighted by Gasteiger charge is 2.70. The van der Waals surface area contributed by atoms with Gasteiger partial charge in [0.05, 0.1) is 12.2 Å². The van der Waals surface area contributed by atoms with E-state index in [9.17, 15) is 19.8 Å². The summed E-state index contributed by atoms with van der Waals surface area (Å²) in [6, 6.07) is 0. The lowest BCUT2D eigenvalue weighted by Crippen LogP contribution is -2.65. The molecule has 0 bridgehead atoms. The quantitative estimate of drug-likeness (QED) is 0.269. The molecule has 10 atom stereocenters. The molecule has 208 valence electrons. The van der Waals surface area contributed by atoms with Gasteiger partial charge in [-0.1, -0.05) is 39.3 Å². The summed E-state index contributed by atoms with van der Waals surface area (Å²) < 4.78 is 5.93. The summed E-state index contributed by atoms with van der Waals surface area (Å²) >= 11 is 0. The van der Waals surface area contributed by atoms with Crippen molar-refractivity contribution in [3.05, 3.63) is 22.8 Å². The zero-order valence-corrected chi connectivity index (χ0v) is 24.0. The standard InChI is InChI=1S/C31H49NO5/c1-17(2)9-8-10-20(28(32)36)26-22-15-24(35)27-29(5)13-12-23(34)18(3)21(29)11-14-30(27,6)31(22,7)16-25(26)37-19(4)33/h9,18,21-25,27,34-35H,8,10-16H2,1-7H3,(H2,32,36)/b26-20-/t18-,21?,22?,23+,24+,25-,27-,29-,30-,31-/m0/s1. The fourth-order valence-electron chi connectivity index (χ4n) is 9.82. The lowest BCUT2D eigenvalue weighted by atomic mass is 9.36. The molecule has 4 fully saturated rings. The van der Waals surface area contributed by atoms with Crippen LogP contribution in [0.5, 0.6) is 0 Å². The Morgan fingerprint density at radius 1 is 1.05 bits per heavy atom. The van der Waals surface area contributed by atoms with Gasteiger partial charge < -0.3 is 20.7 Å². The molecule has 2 unspecified atom stereocenters. The zero-order valence-electron chi connectivity index (χ0n) is 24.0. The molecular weight excluding hydrogens is 466 g/mol. The lowest BCUT2D eigenvalue weighted by Gasteiger charge is -2.69. The molecule has 0 aliphatic heterocycles. The molecule has 0 aromatic carbocycles. The van der Waals surface area contributed by atoms with Crippen molar-refractivity contribution in [2.75, 3.05) is 0 Å². The van der Waals surface area contributed by atoms with Crippen molar-refractivity contribution in [1.82, 2.24) is 0 Å². The number of allylic oxidation sites excluding steroid dienone is 2. The van der Waals surface area contributed by atoms with Gasteiger partial charge in [0.2, 0.25) is 5.91 Å². The van der Waals surface area contributed by atoms with Crippen molar-refractivity contribution in [1.29, 1.82) is 0 Å². The molecule has 4 rings (SSSR count). The summed E-state index contributed by atoms with van der Waals surface area (Å²) in [7, 11) is 0. The molecule has 0 heterocycles. The Hall–Kier alpha value is -1.66. The number of carbonyl (C=O) groups excluding carboxylic acids is 2. The number of fused-ring (bicyclic) bond motifs is 5. The van der Waals surface area contributed by atoms with E-state index in [1.807, 2.05) is 13.8 Å². The number of aliphatic hydroxyl groups is 2. The van der Waals surface area contributed by atoms with E-state index in [2.05, 4.69) is 33.8 Å². The van der Waals surface area contributed by atoms with Gasteiger partial charge in [0.1, 0.15) is 6.10 Å². The van der Waals surface area contributed by atoms with E-state index in [1.54, 1.807) is 0 Å². The van der Waals surface area contributed by atoms with E-state index in [1.165, 1.54) is 12.5 Å². The van der Waals surface area contributed by atoms with Crippen LogP contribution in [0, 0.1) is 39.9 Å². The average molecular weight is 516 g/mol. The monoisotopic (exact) mass is 515 g/mol. The molecular formula is C31H49NO5. The second-order valence-electron chi connectivity index (χ2n) is 13.7. The van der Waals surface area contributed by atoms with E-state index in [-0.39, 0.29) is 46.1 Å². The van der Waals surface area contributed by atoms with Crippen molar-refractivity contribution >= 4 is 11.9 Å². The number of esters is 1. The lowest BCUT2D eigenvalue weighted by molar-refractivity contribution is -0.234. The van der Waals surface area contributed by atoms with Crippen molar-refractivity contribution in [2.24, 2.45) is 45.7 Å². The molecule has 6 nitrogen and oxygen atoms in total. The van der Waals surface area contributed by atoms with Crippen LogP contribution in [0.2, 0.25) is 0 Å². The van der Waals surface area contributed by atoms with Gasteiger partial charge in [0.15, 0.2) is 0 Å². The molecule has 0 radical (unpaired) electrons. The van der Waals surface area contributed by atoms with Gasteiger partial charge in [0, 0.05) is 12.5 Å². The van der Waals surface area contributed by atoms with Crippen LogP contribution in [-0.2, 0) is 14.3 Å². The number of hydrogen-bond acceptors (Lipinski definition) is 5. The van der Waals surface area contributed by atoms with E-state index in [0.29, 0.717) is 37.2 Å². The maximum atomic E-state index is 12.8. The third-order valence-corrected chi connectivity index (χ3v) is 11.6. The predicted octanol–water partition coefficient (Wildman–Crippen LogP) is 5.07. The number of aliphatic hydroxyl groups excluding tert-OH is 2. The largest absolute Gasteiger partial charge is 0.458 e. The van der Waals surface area contributed by atoms with Gasteiger partial charge in [-0.15, -0.1) is 0 Å². The van der Waals surface area contributed by atoms with E-state index in [4.69, 9.17) is 10.5 Å². The minimum Gasteiger partial charge on any atom is -0.458 e. The first kappa shape index (κ1) is 28.4. The first-order valence-corrected chi connectivity index (χ1v) is 14.4. The SMILES string of the molecule is CC(=O)O[C@H]1C[C@@]2(C)C(C[C@@H](O)[C@H]3[C@@]4(C)CC[C@@H](O)[C@@H](C)C4CC[C@@]32C)/C1=C(\CCC=C(C)C)C(N)=O. The second-order valence-corrected chi connectivity index (χ2v) is 13.7. The number of rotatable bonds is 5. The Kier molecular flexibility index (Phi) is 7.53. The zero-order chi connectivity index (χ0) is 27.5. The van der Waals surface area contributed by atoms with Crippen LogP contribution in [0.3, 0.4) is 0 Å². The first-order valence-electron chi connectivity index (χ1n) is 14.4. The van der Waals surface area contributed by atoms with Gasteiger partial charge >= 0.3 is 5.97 Å². The maximum Gasteiger partial charge on any atom is 0.303 e. The van der Waals surface area contributed by atoms with Crippen LogP contribution in [0.25, 0.3) is 0 Å². The highest BCUT2D eigenvalue weighted by atomic mass is 16.5. The average Bonchev–Trinajstić information content (AvgIpc) is 3.05. The molecule has 4 aliphatic carbocycles. The van der Waals surface area contributed by atoms with Crippen LogP contribution in [0.15, 0.2) is 22.8 Å². The maximum absolute atomic E-state index is 12.8. The smallest absolute Gasteiger partial charge is 0.303 e. The second kappa shape index (κ2) is 9.82. The third kappa shape index (κ3) is 4.40. The van der Waals surface area contributed by atoms with Gasteiger partial charge in [-0.25, -0.2) is 0 Å². The molecule has 0 saturated heterocycles. The molecule has 0 spiro atoms. The highest BCUT2D eigenvalue weighted by Crippen LogP contribution is 2.74. The summed E-state index contributed by atoms with van der Waals surface area (Å²) in [5.74, 6) is -0.221. The number of amides is 1. The molecule has 0 aromatic rings. The Morgan fingerprint density at radius 2 is 1.73 bits per heavy atom. The van der Waals surface area contributed by atoms with Gasteiger partial charge in [0.25, 0.3) is 0 Å². The topological polar surface area (TPSA) is 110 Å². The number of primary amides is 1. The van der Waals surface area contributed by atoms with Crippen molar-refractivity contribution < 1.29 is 24.5 Å². The first-order chi connectivity index (χ1) is 17.2. The Bertz CT molecular complexity index is 998. The number of hydrogen-bond donors (Lipinski definition) is 3. The van der Waals surface area contributed by atoms with Crippen LogP contribution in [0.1, 0.15) is 99.8 Å². The van der Waals surface area contributed by atoms with Crippen LogP contribution < -0.4 is 5.73 Å². The molecule has 37 heavy (non-hydrogen) atoms. The molecule has 4 saturated carbocycles. The van der Waals surface area contributed by atoms with Crippen molar-refractivity contribution in [2.45, 2.75) is 118 Å². The molecule has 0 aromatic heterocycles. The van der Waals surface area contributed by atoms with Gasteiger partial charge in [-0.3, -0.25) is 9.59 Å². The summed E-state index contributed by atoms with van der Waals surface area (Å²) in [6.07, 6.45) is 6.82. The van der Waals surface area contributed by atoms with E-state index < -0.39 is 18.1 Å². The molecule has 4 N–H and O–H groups in total. The minimum atomic E-state index is -0.531. The Labute approximate surface area is 223 Å². The van der Waals surface area contributed by atoms with Crippen LogP contribution in [0.4, 0.5) is 0 Å². The fourth-order valence-corrected chi connectivity index (χ4v) is 9.82.